The van der Waals surface area contributed by atoms with Gasteiger partial charge in [0, 0.05) is 30.6 Å². The fourth-order valence-corrected chi connectivity index (χ4v) is 5.33. The molecule has 1 aliphatic rings. The second kappa shape index (κ2) is 6.15. The van der Waals surface area contributed by atoms with Crippen molar-refractivity contribution < 1.29 is 8.42 Å². The molecule has 1 aliphatic heterocycles. The highest BCUT2D eigenvalue weighted by Gasteiger charge is 2.29. The second-order valence-electron chi connectivity index (χ2n) is 7.52. The molecular formula is C20H21N5O2S. The van der Waals surface area contributed by atoms with Gasteiger partial charge in [-0.25, -0.2) is 22.4 Å². The molecule has 3 aromatic heterocycles. The van der Waals surface area contributed by atoms with E-state index in [1.807, 2.05) is 17.5 Å². The number of fused-ring (bicyclic) bond motifs is 3. The average Bonchev–Trinajstić information content (AvgIpc) is 3.38. The van der Waals surface area contributed by atoms with Crippen molar-refractivity contribution >= 4 is 26.8 Å². The smallest absolute Gasteiger partial charge is 0.269 e. The predicted molar refractivity (Wildman–Crippen MR) is 107 cm³/mol. The number of aromatic nitrogens is 4. The Morgan fingerprint density at radius 2 is 1.86 bits per heavy atom. The Kier molecular flexibility index (Phi) is 3.82. The lowest BCUT2D eigenvalue weighted by atomic mass is 9.95. The molecular weight excluding hydrogens is 374 g/mol. The van der Waals surface area contributed by atoms with Crippen LogP contribution in [0.1, 0.15) is 24.1 Å². The first-order chi connectivity index (χ1) is 13.5. The Labute approximate surface area is 163 Å². The monoisotopic (exact) mass is 395 g/mol. The first-order valence-corrected chi connectivity index (χ1v) is 10.8. The van der Waals surface area contributed by atoms with E-state index in [0.717, 1.165) is 35.5 Å². The molecule has 28 heavy (non-hydrogen) atoms. The van der Waals surface area contributed by atoms with Crippen molar-refractivity contribution in [3.05, 3.63) is 60.2 Å². The summed E-state index contributed by atoms with van der Waals surface area (Å²) in [5.74, 6) is 0.819. The molecule has 2 atom stereocenters. The average molecular weight is 395 g/mol. The van der Waals surface area contributed by atoms with Gasteiger partial charge in [0.2, 0.25) is 0 Å². The molecule has 4 aromatic rings. The van der Waals surface area contributed by atoms with E-state index in [1.54, 1.807) is 42.7 Å². The molecule has 7 nitrogen and oxygen atoms in total. The Hall–Kier alpha value is -2.71. The summed E-state index contributed by atoms with van der Waals surface area (Å²) in [5, 5.41) is 3.42. The van der Waals surface area contributed by atoms with Crippen LogP contribution in [0, 0.1) is 12.8 Å². The third kappa shape index (κ3) is 2.48. The number of hydrogen-bond donors (Lipinski definition) is 1. The largest absolute Gasteiger partial charge is 0.316 e. The van der Waals surface area contributed by atoms with Crippen LogP contribution in [-0.2, 0) is 10.0 Å². The van der Waals surface area contributed by atoms with Crippen molar-refractivity contribution in [1.82, 2.24) is 23.7 Å². The van der Waals surface area contributed by atoms with Crippen molar-refractivity contribution in [2.45, 2.75) is 24.7 Å². The van der Waals surface area contributed by atoms with Gasteiger partial charge in [0.15, 0.2) is 11.3 Å². The van der Waals surface area contributed by atoms with Crippen LogP contribution in [0.4, 0.5) is 0 Å². The summed E-state index contributed by atoms with van der Waals surface area (Å²) in [6.45, 7) is 6.00. The zero-order valence-electron chi connectivity index (χ0n) is 15.7. The van der Waals surface area contributed by atoms with Gasteiger partial charge in [-0.15, -0.1) is 0 Å². The summed E-state index contributed by atoms with van der Waals surface area (Å²) in [6.07, 6.45) is 5.10. The van der Waals surface area contributed by atoms with Gasteiger partial charge >= 0.3 is 0 Å². The molecule has 1 N–H and O–H groups in total. The Morgan fingerprint density at radius 1 is 1.07 bits per heavy atom. The summed E-state index contributed by atoms with van der Waals surface area (Å²) in [5.41, 5.74) is 3.99. The maximum atomic E-state index is 13.2. The van der Waals surface area contributed by atoms with E-state index in [2.05, 4.69) is 22.2 Å². The van der Waals surface area contributed by atoms with Crippen LogP contribution in [0.5, 0.6) is 0 Å². The van der Waals surface area contributed by atoms with E-state index >= 15 is 0 Å². The van der Waals surface area contributed by atoms with Gasteiger partial charge in [0.25, 0.3) is 10.0 Å². The minimum atomic E-state index is -3.73. The van der Waals surface area contributed by atoms with E-state index in [0.29, 0.717) is 17.5 Å². The van der Waals surface area contributed by atoms with Gasteiger partial charge in [-0.1, -0.05) is 24.6 Å². The fourth-order valence-electron chi connectivity index (χ4n) is 4.03. The molecule has 1 saturated heterocycles. The quantitative estimate of drug-likeness (QED) is 0.577. The van der Waals surface area contributed by atoms with E-state index < -0.39 is 10.0 Å². The van der Waals surface area contributed by atoms with Crippen LogP contribution in [0.25, 0.3) is 16.8 Å². The Bertz CT molecular complexity index is 1290. The Balaban J connectivity index is 1.72. The van der Waals surface area contributed by atoms with Crippen molar-refractivity contribution in [3.63, 3.8) is 0 Å². The molecule has 0 aliphatic carbocycles. The van der Waals surface area contributed by atoms with Crippen LogP contribution < -0.4 is 5.32 Å². The zero-order valence-corrected chi connectivity index (χ0v) is 16.5. The molecule has 0 amide bonds. The van der Waals surface area contributed by atoms with Crippen LogP contribution >= 0.6 is 0 Å². The minimum Gasteiger partial charge on any atom is -0.316 e. The molecule has 1 aromatic carbocycles. The molecule has 0 radical (unpaired) electrons. The number of rotatable bonds is 3. The standard InChI is InChI=1S/C20H21N5O2S/c1-13-3-5-15(6-4-13)28(26,27)24-8-7-17-20(24)23-12-19-22-11-18(25(17)19)16-10-21-9-14(16)2/h3-8,11-12,14,16,21H,9-10H2,1-2H3/t14-,16+/m1/s1. The summed E-state index contributed by atoms with van der Waals surface area (Å²) < 4.78 is 29.6. The van der Waals surface area contributed by atoms with Crippen LogP contribution in [-0.4, -0.2) is 39.8 Å². The lowest BCUT2D eigenvalue weighted by Crippen LogP contribution is -2.13. The number of aryl methyl sites for hydroxylation is 1. The fraction of sp³-hybridized carbons (Fsp3) is 0.300. The molecule has 0 bridgehead atoms. The van der Waals surface area contributed by atoms with Gasteiger partial charge in [-0.3, -0.25) is 4.40 Å². The highest BCUT2D eigenvalue weighted by atomic mass is 32.2. The Morgan fingerprint density at radius 3 is 2.57 bits per heavy atom. The predicted octanol–water partition coefficient (Wildman–Crippen LogP) is 2.55. The second-order valence-corrected chi connectivity index (χ2v) is 9.33. The lowest BCUT2D eigenvalue weighted by molar-refractivity contribution is 0.558. The van der Waals surface area contributed by atoms with E-state index in [-0.39, 0.29) is 4.90 Å². The molecule has 144 valence electrons. The highest BCUT2D eigenvalue weighted by molar-refractivity contribution is 7.90. The normalized spacial score (nSPS) is 20.4. The van der Waals surface area contributed by atoms with Gasteiger partial charge in [-0.05, 0) is 37.6 Å². The topological polar surface area (TPSA) is 81.3 Å². The van der Waals surface area contributed by atoms with Crippen molar-refractivity contribution in [2.24, 2.45) is 5.92 Å². The van der Waals surface area contributed by atoms with Crippen LogP contribution in [0.2, 0.25) is 0 Å². The van der Waals surface area contributed by atoms with Gasteiger partial charge < -0.3 is 5.32 Å². The molecule has 8 heteroatoms. The van der Waals surface area contributed by atoms with Gasteiger partial charge in [0.1, 0.15) is 0 Å². The number of imidazole rings is 1. The molecule has 4 heterocycles. The minimum absolute atomic E-state index is 0.247. The van der Waals surface area contributed by atoms with E-state index in [9.17, 15) is 8.42 Å². The highest BCUT2D eigenvalue weighted by Crippen LogP contribution is 2.31. The van der Waals surface area contributed by atoms with Crippen LogP contribution in [0.3, 0.4) is 0 Å². The molecule has 0 unspecified atom stereocenters. The van der Waals surface area contributed by atoms with Crippen LogP contribution in [0.15, 0.2) is 53.8 Å². The molecule has 0 spiro atoms. The number of nitrogens with one attached hydrogen (secondary N) is 1. The molecule has 5 rings (SSSR count). The van der Waals surface area contributed by atoms with E-state index in [4.69, 9.17) is 0 Å². The van der Waals surface area contributed by atoms with E-state index in [1.165, 1.54) is 3.97 Å². The zero-order chi connectivity index (χ0) is 19.5. The molecule has 1 fully saturated rings. The third-order valence-corrected chi connectivity index (χ3v) is 7.32. The number of nitrogens with zero attached hydrogens (tertiary/aromatic N) is 4. The third-order valence-electron chi connectivity index (χ3n) is 5.64. The summed E-state index contributed by atoms with van der Waals surface area (Å²) >= 11 is 0. The maximum absolute atomic E-state index is 13.2. The SMILES string of the molecule is Cc1ccc(S(=O)(=O)n2ccc3c2ncc2ncc([C@H]4CNC[C@H]4C)n23)cc1. The number of hydrogen-bond acceptors (Lipinski definition) is 5. The molecule has 0 saturated carbocycles. The first kappa shape index (κ1) is 17.4. The summed E-state index contributed by atoms with van der Waals surface area (Å²) in [7, 11) is -3.73. The summed E-state index contributed by atoms with van der Waals surface area (Å²) in [6, 6.07) is 8.66. The first-order valence-electron chi connectivity index (χ1n) is 9.33. The number of benzene rings is 1. The van der Waals surface area contributed by atoms with Crippen molar-refractivity contribution in [3.8, 4) is 0 Å². The van der Waals surface area contributed by atoms with Gasteiger partial charge in [-0.2, -0.15) is 0 Å². The van der Waals surface area contributed by atoms with Gasteiger partial charge in [0.05, 0.1) is 16.6 Å². The lowest BCUT2D eigenvalue weighted by Gasteiger charge is -2.14. The maximum Gasteiger partial charge on any atom is 0.269 e. The van der Waals surface area contributed by atoms with Crippen molar-refractivity contribution in [2.75, 3.05) is 13.1 Å². The summed E-state index contributed by atoms with van der Waals surface area (Å²) in [4.78, 5) is 9.17. The van der Waals surface area contributed by atoms with Crippen molar-refractivity contribution in [1.29, 1.82) is 0 Å².